The van der Waals surface area contributed by atoms with Gasteiger partial charge in [-0.2, -0.15) is 0 Å². The maximum atomic E-state index is 12.0. The highest BCUT2D eigenvalue weighted by Gasteiger charge is 2.08. The molecule has 0 aliphatic rings. The van der Waals surface area contributed by atoms with Crippen molar-refractivity contribution in [1.82, 2.24) is 5.32 Å². The van der Waals surface area contributed by atoms with Crippen molar-refractivity contribution in [3.05, 3.63) is 48.0 Å². The zero-order valence-corrected chi connectivity index (χ0v) is 14.8. The van der Waals surface area contributed by atoms with E-state index in [1.807, 2.05) is 31.2 Å². The van der Waals surface area contributed by atoms with Crippen LogP contribution in [0.2, 0.25) is 0 Å². The minimum absolute atomic E-state index is 0.303. The number of nitrogens with one attached hydrogen (secondary N) is 2. The van der Waals surface area contributed by atoms with Crippen molar-refractivity contribution >= 4 is 11.7 Å². The molecule has 0 aliphatic heterocycles. The Morgan fingerprint density at radius 2 is 1.84 bits per heavy atom. The number of ether oxygens (including phenoxy) is 3. The van der Waals surface area contributed by atoms with Crippen LogP contribution in [0.25, 0.3) is 0 Å². The Morgan fingerprint density at radius 3 is 2.56 bits per heavy atom. The largest absolute Gasteiger partial charge is 0.497 e. The Bertz CT molecular complexity index is 704. The molecule has 0 spiro atoms. The quantitative estimate of drug-likeness (QED) is 0.718. The molecule has 2 aromatic rings. The van der Waals surface area contributed by atoms with Gasteiger partial charge in [-0.3, -0.25) is 0 Å². The second kappa shape index (κ2) is 9.42. The molecule has 2 rings (SSSR count). The van der Waals surface area contributed by atoms with Gasteiger partial charge in [0.1, 0.15) is 17.2 Å². The van der Waals surface area contributed by atoms with Gasteiger partial charge in [0.15, 0.2) is 0 Å². The van der Waals surface area contributed by atoms with Crippen LogP contribution < -0.4 is 24.8 Å². The van der Waals surface area contributed by atoms with Crippen molar-refractivity contribution in [2.45, 2.75) is 13.3 Å². The first-order chi connectivity index (χ1) is 12.1. The third-order valence-electron chi connectivity index (χ3n) is 3.61. The minimum Gasteiger partial charge on any atom is -0.497 e. The number of rotatable bonds is 8. The number of carbonyl (C=O) groups is 1. The lowest BCUT2D eigenvalue weighted by atomic mass is 10.2. The van der Waals surface area contributed by atoms with Crippen LogP contribution in [0.4, 0.5) is 10.5 Å². The van der Waals surface area contributed by atoms with E-state index in [2.05, 4.69) is 10.6 Å². The molecule has 0 radical (unpaired) electrons. The van der Waals surface area contributed by atoms with E-state index in [4.69, 9.17) is 14.2 Å². The predicted molar refractivity (Wildman–Crippen MR) is 97.9 cm³/mol. The first-order valence-electron chi connectivity index (χ1n) is 8.09. The fraction of sp³-hybridized carbons (Fsp3) is 0.316. The summed E-state index contributed by atoms with van der Waals surface area (Å²) in [6, 6.07) is 12.8. The standard InChI is InChI=1S/C19H24N2O4/c1-14-7-4-5-8-17(14)25-12-6-11-20-19(22)21-16-13-15(23-2)9-10-18(16)24-3/h4-5,7-10,13H,6,11-12H2,1-3H3,(H2,20,21,22). The third-order valence-corrected chi connectivity index (χ3v) is 3.61. The summed E-state index contributed by atoms with van der Waals surface area (Å²) in [7, 11) is 3.12. The summed E-state index contributed by atoms with van der Waals surface area (Å²) in [6.07, 6.45) is 0.705. The van der Waals surface area contributed by atoms with E-state index in [1.165, 1.54) is 0 Å². The summed E-state index contributed by atoms with van der Waals surface area (Å²) in [5.74, 6) is 2.08. The lowest BCUT2D eigenvalue weighted by molar-refractivity contribution is 0.250. The number of carbonyl (C=O) groups excluding carboxylic acids is 1. The molecular formula is C19H24N2O4. The Kier molecular flexibility index (Phi) is 6.95. The van der Waals surface area contributed by atoms with E-state index in [1.54, 1.807) is 32.4 Å². The fourth-order valence-electron chi connectivity index (χ4n) is 2.25. The Balaban J connectivity index is 1.75. The number of urea groups is 1. The maximum Gasteiger partial charge on any atom is 0.319 e. The summed E-state index contributed by atoms with van der Waals surface area (Å²) in [5, 5.41) is 5.55. The van der Waals surface area contributed by atoms with Gasteiger partial charge in [0.25, 0.3) is 0 Å². The fourth-order valence-corrected chi connectivity index (χ4v) is 2.25. The van der Waals surface area contributed by atoms with Crippen molar-refractivity contribution in [3.63, 3.8) is 0 Å². The molecule has 0 saturated heterocycles. The van der Waals surface area contributed by atoms with Crippen molar-refractivity contribution in [2.75, 3.05) is 32.7 Å². The molecule has 0 aliphatic carbocycles. The van der Waals surface area contributed by atoms with Gasteiger partial charge in [0, 0.05) is 12.6 Å². The van der Waals surface area contributed by atoms with Crippen LogP contribution >= 0.6 is 0 Å². The van der Waals surface area contributed by atoms with Gasteiger partial charge in [-0.25, -0.2) is 4.79 Å². The molecule has 0 bridgehead atoms. The second-order valence-electron chi connectivity index (χ2n) is 5.41. The molecule has 6 nitrogen and oxygen atoms in total. The summed E-state index contributed by atoms with van der Waals surface area (Å²) >= 11 is 0. The Hall–Kier alpha value is -2.89. The van der Waals surface area contributed by atoms with Gasteiger partial charge >= 0.3 is 6.03 Å². The van der Waals surface area contributed by atoms with Crippen LogP contribution in [0.1, 0.15) is 12.0 Å². The second-order valence-corrected chi connectivity index (χ2v) is 5.41. The normalized spacial score (nSPS) is 10.0. The van der Waals surface area contributed by atoms with Crippen molar-refractivity contribution in [3.8, 4) is 17.2 Å². The molecule has 2 amide bonds. The Morgan fingerprint density at radius 1 is 1.04 bits per heavy atom. The molecule has 6 heteroatoms. The number of benzene rings is 2. The molecule has 2 N–H and O–H groups in total. The SMILES string of the molecule is COc1ccc(OC)c(NC(=O)NCCCOc2ccccc2C)c1. The highest BCUT2D eigenvalue weighted by Crippen LogP contribution is 2.28. The number of hydrogen-bond acceptors (Lipinski definition) is 4. The highest BCUT2D eigenvalue weighted by atomic mass is 16.5. The molecule has 0 unspecified atom stereocenters. The van der Waals surface area contributed by atoms with Crippen molar-refractivity contribution in [2.24, 2.45) is 0 Å². The lowest BCUT2D eigenvalue weighted by Gasteiger charge is -2.13. The number of amides is 2. The number of methoxy groups -OCH3 is 2. The van der Waals surface area contributed by atoms with Gasteiger partial charge < -0.3 is 24.8 Å². The molecule has 2 aromatic carbocycles. The van der Waals surface area contributed by atoms with E-state index >= 15 is 0 Å². The molecule has 0 heterocycles. The monoisotopic (exact) mass is 344 g/mol. The summed E-state index contributed by atoms with van der Waals surface area (Å²) in [4.78, 5) is 12.0. The minimum atomic E-state index is -0.303. The van der Waals surface area contributed by atoms with Gasteiger partial charge in [0.05, 0.1) is 26.5 Å². The number of aryl methyl sites for hydroxylation is 1. The maximum absolute atomic E-state index is 12.0. The summed E-state index contributed by atoms with van der Waals surface area (Å²) < 4.78 is 16.1. The van der Waals surface area contributed by atoms with Crippen LogP contribution in [-0.2, 0) is 0 Å². The zero-order chi connectivity index (χ0) is 18.1. The number of hydrogen-bond donors (Lipinski definition) is 2. The van der Waals surface area contributed by atoms with Crippen LogP contribution in [0.3, 0.4) is 0 Å². The van der Waals surface area contributed by atoms with Crippen LogP contribution in [0.15, 0.2) is 42.5 Å². The summed E-state index contributed by atoms with van der Waals surface area (Å²) in [6.45, 7) is 3.04. The number of anilines is 1. The molecule has 0 atom stereocenters. The van der Waals surface area contributed by atoms with E-state index < -0.39 is 0 Å². The summed E-state index contributed by atoms with van der Waals surface area (Å²) in [5.41, 5.74) is 1.65. The average Bonchev–Trinajstić information content (AvgIpc) is 2.62. The van der Waals surface area contributed by atoms with E-state index in [9.17, 15) is 4.79 Å². The molecule has 0 fully saturated rings. The van der Waals surface area contributed by atoms with Gasteiger partial charge in [-0.05, 0) is 37.1 Å². The third kappa shape index (κ3) is 5.60. The lowest BCUT2D eigenvalue weighted by Crippen LogP contribution is -2.30. The topological polar surface area (TPSA) is 68.8 Å². The number of para-hydroxylation sites is 1. The molecule has 0 aromatic heterocycles. The first-order valence-corrected chi connectivity index (χ1v) is 8.09. The zero-order valence-electron chi connectivity index (χ0n) is 14.8. The molecule has 0 saturated carbocycles. The Labute approximate surface area is 148 Å². The van der Waals surface area contributed by atoms with Gasteiger partial charge in [-0.15, -0.1) is 0 Å². The van der Waals surface area contributed by atoms with Gasteiger partial charge in [0.2, 0.25) is 0 Å². The van der Waals surface area contributed by atoms with E-state index in [-0.39, 0.29) is 6.03 Å². The van der Waals surface area contributed by atoms with E-state index in [0.717, 1.165) is 11.3 Å². The van der Waals surface area contributed by atoms with Gasteiger partial charge in [-0.1, -0.05) is 18.2 Å². The van der Waals surface area contributed by atoms with Crippen molar-refractivity contribution < 1.29 is 19.0 Å². The van der Waals surface area contributed by atoms with Crippen LogP contribution in [0, 0.1) is 6.92 Å². The average molecular weight is 344 g/mol. The first kappa shape index (κ1) is 18.4. The van der Waals surface area contributed by atoms with Crippen LogP contribution in [-0.4, -0.2) is 33.4 Å². The molecule has 134 valence electrons. The van der Waals surface area contributed by atoms with E-state index in [0.29, 0.717) is 36.8 Å². The molecular weight excluding hydrogens is 320 g/mol. The molecule has 25 heavy (non-hydrogen) atoms. The smallest absolute Gasteiger partial charge is 0.319 e. The van der Waals surface area contributed by atoms with Crippen LogP contribution in [0.5, 0.6) is 17.2 Å². The van der Waals surface area contributed by atoms with Crippen molar-refractivity contribution in [1.29, 1.82) is 0 Å². The highest BCUT2D eigenvalue weighted by molar-refractivity contribution is 5.91. The predicted octanol–water partition coefficient (Wildman–Crippen LogP) is 3.60.